The number of rotatable bonds is 5. The van der Waals surface area contributed by atoms with Crippen LogP contribution in [0.5, 0.6) is 5.75 Å². The van der Waals surface area contributed by atoms with E-state index in [4.69, 9.17) is 9.47 Å². The topological polar surface area (TPSA) is 117 Å². The summed E-state index contributed by atoms with van der Waals surface area (Å²) in [5, 5.41) is 5.06. The first-order valence-electron chi connectivity index (χ1n) is 11.0. The van der Waals surface area contributed by atoms with Gasteiger partial charge in [0.1, 0.15) is 17.5 Å². The zero-order valence-electron chi connectivity index (χ0n) is 19.8. The van der Waals surface area contributed by atoms with Gasteiger partial charge in [-0.1, -0.05) is 0 Å². The van der Waals surface area contributed by atoms with Gasteiger partial charge in [-0.3, -0.25) is 14.4 Å². The highest BCUT2D eigenvalue weighted by Crippen LogP contribution is 2.40. The number of carbonyl (C=O) groups is 2. The lowest BCUT2D eigenvalue weighted by Gasteiger charge is -2.37. The van der Waals surface area contributed by atoms with Gasteiger partial charge in [0, 0.05) is 25.7 Å². The highest BCUT2D eigenvalue weighted by atomic mass is 32.2. The number of benzene rings is 1. The quantitative estimate of drug-likeness (QED) is 0.614. The molecule has 2 heterocycles. The third kappa shape index (κ3) is 6.69. The Balaban J connectivity index is 1.91. The van der Waals surface area contributed by atoms with E-state index in [1.165, 1.54) is 25.1 Å². The molecule has 0 saturated carbocycles. The number of anilines is 2. The van der Waals surface area contributed by atoms with E-state index in [-0.39, 0.29) is 49.1 Å². The second-order valence-corrected chi connectivity index (χ2v) is 11.3. The summed E-state index contributed by atoms with van der Waals surface area (Å²) in [4.78, 5) is 23.5. The van der Waals surface area contributed by atoms with Crippen LogP contribution in [-0.4, -0.2) is 68.8 Å². The van der Waals surface area contributed by atoms with Gasteiger partial charge in [0.2, 0.25) is 5.91 Å². The van der Waals surface area contributed by atoms with Crippen molar-refractivity contribution in [1.82, 2.24) is 9.62 Å². The van der Waals surface area contributed by atoms with E-state index in [0.717, 1.165) is 8.61 Å². The molecule has 1 fully saturated rings. The summed E-state index contributed by atoms with van der Waals surface area (Å²) in [5.74, 6) is -1.97. The van der Waals surface area contributed by atoms with Crippen molar-refractivity contribution in [1.29, 1.82) is 0 Å². The minimum Gasteiger partial charge on any atom is -0.484 e. The van der Waals surface area contributed by atoms with Gasteiger partial charge in [-0.05, 0) is 45.4 Å². The van der Waals surface area contributed by atoms with E-state index in [2.05, 4.69) is 10.6 Å². The van der Waals surface area contributed by atoms with E-state index in [0.29, 0.717) is 0 Å². The van der Waals surface area contributed by atoms with E-state index >= 15 is 0 Å². The Hall–Kier alpha value is -2.74. The molecule has 0 aromatic heterocycles. The highest BCUT2D eigenvalue weighted by molar-refractivity contribution is 7.90. The van der Waals surface area contributed by atoms with Gasteiger partial charge >= 0.3 is 22.5 Å². The van der Waals surface area contributed by atoms with Crippen molar-refractivity contribution in [3.63, 3.8) is 0 Å². The van der Waals surface area contributed by atoms with Crippen molar-refractivity contribution in [2.24, 2.45) is 5.92 Å². The first kappa shape index (κ1) is 26.9. The molecule has 1 aromatic carbocycles. The summed E-state index contributed by atoms with van der Waals surface area (Å²) in [7, 11) is -4.38. The summed E-state index contributed by atoms with van der Waals surface area (Å²) in [6.07, 6.45) is -6.40. The molecule has 2 atom stereocenters. The van der Waals surface area contributed by atoms with Crippen LogP contribution in [0.4, 0.5) is 29.3 Å². The first-order valence-corrected chi connectivity index (χ1v) is 12.4. The van der Waals surface area contributed by atoms with Crippen LogP contribution in [-0.2, 0) is 19.7 Å². The normalized spacial score (nSPS) is 21.2. The maximum absolute atomic E-state index is 13.5. The van der Waals surface area contributed by atoms with Crippen LogP contribution in [0.15, 0.2) is 18.2 Å². The highest BCUT2D eigenvalue weighted by Gasteiger charge is 2.48. The monoisotopic (exact) mass is 522 g/mol. The molecule has 14 heteroatoms. The lowest BCUT2D eigenvalue weighted by molar-refractivity contribution is -0.169. The van der Waals surface area contributed by atoms with Gasteiger partial charge in [-0.15, -0.1) is 0 Å². The van der Waals surface area contributed by atoms with Crippen molar-refractivity contribution in [2.75, 3.05) is 35.8 Å². The van der Waals surface area contributed by atoms with Gasteiger partial charge in [-0.2, -0.15) is 25.9 Å². The molecular formula is C21H29F3N4O6S. The number of fused-ring (bicyclic) bond motifs is 1. The van der Waals surface area contributed by atoms with Crippen LogP contribution in [0.1, 0.15) is 34.1 Å². The molecule has 0 bridgehead atoms. The second kappa shape index (κ2) is 9.72. The Morgan fingerprint density at radius 2 is 1.89 bits per heavy atom. The number of nitrogens with zero attached hydrogens (tertiary/aromatic N) is 2. The molecular weight excluding hydrogens is 493 g/mol. The molecule has 0 radical (unpaired) electrons. The Morgan fingerprint density at radius 1 is 1.20 bits per heavy atom. The van der Waals surface area contributed by atoms with E-state index < -0.39 is 46.6 Å². The van der Waals surface area contributed by atoms with Crippen molar-refractivity contribution in [2.45, 2.75) is 52.0 Å². The zero-order valence-corrected chi connectivity index (χ0v) is 20.6. The molecule has 1 aromatic rings. The van der Waals surface area contributed by atoms with Crippen LogP contribution in [0.25, 0.3) is 0 Å². The number of nitrogens with one attached hydrogen (secondary N) is 2. The Morgan fingerprint density at radius 3 is 2.46 bits per heavy atom. The summed E-state index contributed by atoms with van der Waals surface area (Å²) in [6.45, 7) is 5.10. The average molecular weight is 523 g/mol. The van der Waals surface area contributed by atoms with Crippen LogP contribution in [0.2, 0.25) is 0 Å². The fraction of sp³-hybridized carbons (Fsp3) is 0.619. The number of hydrogen-bond acceptors (Lipinski definition) is 6. The number of halogens is 3. The molecule has 2 aliphatic rings. The van der Waals surface area contributed by atoms with Crippen LogP contribution in [0.3, 0.4) is 0 Å². The van der Waals surface area contributed by atoms with Crippen molar-refractivity contribution >= 4 is 33.6 Å². The Kier molecular flexibility index (Phi) is 7.46. The SMILES string of the molecule is CC(=O)NCC1CN(S(=O)(=O)N2CCC(C(F)(F)F)C2)c2cc(NC(=O)OC(C)(C)C)ccc2O1. The first-order chi connectivity index (χ1) is 16.1. The molecule has 10 nitrogen and oxygen atoms in total. The fourth-order valence-electron chi connectivity index (χ4n) is 3.74. The van der Waals surface area contributed by atoms with Crippen LogP contribution >= 0.6 is 0 Å². The summed E-state index contributed by atoms with van der Waals surface area (Å²) in [5.41, 5.74) is -0.511. The molecule has 2 aliphatic heterocycles. The maximum Gasteiger partial charge on any atom is 0.412 e. The third-order valence-corrected chi connectivity index (χ3v) is 7.22. The van der Waals surface area contributed by atoms with Crippen LogP contribution in [0, 0.1) is 5.92 Å². The predicted molar refractivity (Wildman–Crippen MR) is 121 cm³/mol. The van der Waals surface area contributed by atoms with Crippen molar-refractivity contribution in [3.8, 4) is 5.75 Å². The minimum atomic E-state index is -4.51. The Bertz CT molecular complexity index is 1070. The standard InChI is InChI=1S/C21H29F3N4O6S/c1-13(29)25-10-16-12-28(35(31,32)27-8-7-14(11-27)21(22,23)24)17-9-15(5-6-18(17)33-16)26-19(30)34-20(2,3)4/h5-6,9,14,16H,7-8,10-12H2,1-4H3,(H,25,29)(H,26,30). The van der Waals surface area contributed by atoms with Crippen LogP contribution < -0.4 is 19.7 Å². The predicted octanol–water partition coefficient (Wildman–Crippen LogP) is 2.87. The average Bonchev–Trinajstić information content (AvgIpc) is 3.22. The van der Waals surface area contributed by atoms with E-state index in [1.54, 1.807) is 20.8 Å². The molecule has 1 saturated heterocycles. The fourth-order valence-corrected chi connectivity index (χ4v) is 5.47. The molecule has 0 spiro atoms. The van der Waals surface area contributed by atoms with Gasteiger partial charge < -0.3 is 14.8 Å². The Labute approximate surface area is 201 Å². The summed E-state index contributed by atoms with van der Waals surface area (Å²) >= 11 is 0. The van der Waals surface area contributed by atoms with Crippen molar-refractivity contribution in [3.05, 3.63) is 18.2 Å². The molecule has 196 valence electrons. The summed E-state index contributed by atoms with van der Waals surface area (Å²) < 4.78 is 79.3. The van der Waals surface area contributed by atoms with Crippen molar-refractivity contribution < 1.29 is 40.7 Å². The lowest BCUT2D eigenvalue weighted by Crippen LogP contribution is -2.52. The minimum absolute atomic E-state index is 0.0100. The van der Waals surface area contributed by atoms with Gasteiger partial charge in [0.05, 0.1) is 24.7 Å². The number of hydrogen-bond donors (Lipinski definition) is 2. The molecule has 2 unspecified atom stereocenters. The zero-order chi connectivity index (χ0) is 26.2. The molecule has 2 amide bonds. The van der Waals surface area contributed by atoms with Gasteiger partial charge in [0.15, 0.2) is 0 Å². The van der Waals surface area contributed by atoms with Gasteiger partial charge in [0.25, 0.3) is 0 Å². The van der Waals surface area contributed by atoms with E-state index in [1.807, 2.05) is 0 Å². The third-order valence-electron chi connectivity index (χ3n) is 5.33. The number of ether oxygens (including phenoxy) is 2. The lowest BCUT2D eigenvalue weighted by atomic mass is 10.1. The second-order valence-electron chi connectivity index (χ2n) is 9.41. The molecule has 35 heavy (non-hydrogen) atoms. The van der Waals surface area contributed by atoms with E-state index in [9.17, 15) is 31.2 Å². The maximum atomic E-state index is 13.5. The number of amides is 2. The summed E-state index contributed by atoms with van der Waals surface area (Å²) in [6, 6.07) is 4.26. The number of carbonyl (C=O) groups excluding carboxylic acids is 2. The smallest absolute Gasteiger partial charge is 0.412 e. The molecule has 3 rings (SSSR count). The largest absolute Gasteiger partial charge is 0.484 e. The number of alkyl halides is 3. The van der Waals surface area contributed by atoms with Gasteiger partial charge in [-0.25, -0.2) is 4.79 Å². The molecule has 2 N–H and O–H groups in total. The molecule has 0 aliphatic carbocycles.